The summed E-state index contributed by atoms with van der Waals surface area (Å²) < 4.78 is 19.4. The third kappa shape index (κ3) is 2.56. The first-order chi connectivity index (χ1) is 8.77. The van der Waals surface area contributed by atoms with Crippen molar-refractivity contribution in [1.82, 2.24) is 5.32 Å². The molecule has 2 nitrogen and oxygen atoms in total. The van der Waals surface area contributed by atoms with E-state index in [1.165, 1.54) is 24.5 Å². The van der Waals surface area contributed by atoms with Gasteiger partial charge in [0.25, 0.3) is 0 Å². The summed E-state index contributed by atoms with van der Waals surface area (Å²) in [4.78, 5) is 0. The van der Waals surface area contributed by atoms with E-state index in [0.717, 1.165) is 12.8 Å². The number of nitrogens with one attached hydrogen (secondary N) is 1. The third-order valence-corrected chi connectivity index (χ3v) is 3.51. The lowest BCUT2D eigenvalue weighted by Crippen LogP contribution is -2.21. The molecular weight excluding hydrogens is 229 g/mol. The highest BCUT2D eigenvalue weighted by Gasteiger charge is 2.23. The van der Waals surface area contributed by atoms with Gasteiger partial charge in [-0.25, -0.2) is 4.39 Å². The Hall–Kier alpha value is -1.35. The summed E-state index contributed by atoms with van der Waals surface area (Å²) >= 11 is 0. The van der Waals surface area contributed by atoms with E-state index in [0.29, 0.717) is 11.3 Å². The van der Waals surface area contributed by atoms with Crippen LogP contribution in [0.5, 0.6) is 5.75 Å². The van der Waals surface area contributed by atoms with Crippen LogP contribution < -0.4 is 10.1 Å². The Morgan fingerprint density at radius 2 is 2.17 bits per heavy atom. The maximum atomic E-state index is 14.1. The second-order valence-electron chi connectivity index (χ2n) is 4.60. The molecule has 0 radical (unpaired) electrons. The average Bonchev–Trinajstić information content (AvgIpc) is 2.42. The Kier molecular flexibility index (Phi) is 4.37. The summed E-state index contributed by atoms with van der Waals surface area (Å²) in [5, 5.41) is 3.22. The lowest BCUT2D eigenvalue weighted by molar-refractivity contribution is 0.396. The minimum absolute atomic E-state index is 0.0820. The molecule has 98 valence electrons. The molecule has 1 unspecified atom stereocenters. The summed E-state index contributed by atoms with van der Waals surface area (Å²) in [7, 11) is 3.45. The summed E-state index contributed by atoms with van der Waals surface area (Å²) in [6, 6.07) is 4.90. The predicted molar refractivity (Wildman–Crippen MR) is 71.3 cm³/mol. The zero-order chi connectivity index (χ0) is 13.0. The Morgan fingerprint density at radius 3 is 2.78 bits per heavy atom. The van der Waals surface area contributed by atoms with Crippen LogP contribution in [0, 0.1) is 5.82 Å². The molecule has 0 spiro atoms. The van der Waals surface area contributed by atoms with Crippen molar-refractivity contribution >= 4 is 0 Å². The molecule has 0 heterocycles. The standard InChI is InChI=1S/C15H20FNO/c1-17-15(11-7-4-3-5-8-11)14-12(16)9-6-10-13(14)18-2/h6-7,9-10,15,17H,3-5,8H2,1-2H3. The first kappa shape index (κ1) is 13.1. The van der Waals surface area contributed by atoms with Crippen LogP contribution in [-0.4, -0.2) is 14.2 Å². The van der Waals surface area contributed by atoms with Crippen LogP contribution >= 0.6 is 0 Å². The first-order valence-corrected chi connectivity index (χ1v) is 6.46. The summed E-state index contributed by atoms with van der Waals surface area (Å²) in [6.45, 7) is 0. The molecule has 1 aromatic rings. The largest absolute Gasteiger partial charge is 0.496 e. The molecule has 1 aromatic carbocycles. The molecule has 0 saturated heterocycles. The quantitative estimate of drug-likeness (QED) is 0.823. The fraction of sp³-hybridized carbons (Fsp3) is 0.467. The maximum absolute atomic E-state index is 14.1. The number of halogens is 1. The van der Waals surface area contributed by atoms with E-state index in [1.807, 2.05) is 13.1 Å². The van der Waals surface area contributed by atoms with Crippen LogP contribution in [0.1, 0.15) is 37.3 Å². The second kappa shape index (κ2) is 6.01. The number of likely N-dealkylation sites (N-methyl/N-ethyl adjacent to an activating group) is 1. The normalized spacial score (nSPS) is 17.2. The van der Waals surface area contributed by atoms with Crippen LogP contribution in [0.3, 0.4) is 0 Å². The molecule has 1 aliphatic carbocycles. The minimum Gasteiger partial charge on any atom is -0.496 e. The number of rotatable bonds is 4. The molecule has 0 saturated carbocycles. The molecule has 1 N–H and O–H groups in total. The van der Waals surface area contributed by atoms with Crippen molar-refractivity contribution in [2.45, 2.75) is 31.7 Å². The van der Waals surface area contributed by atoms with E-state index in [4.69, 9.17) is 4.74 Å². The van der Waals surface area contributed by atoms with Crippen LogP contribution in [0.2, 0.25) is 0 Å². The van der Waals surface area contributed by atoms with Gasteiger partial charge in [-0.15, -0.1) is 0 Å². The van der Waals surface area contributed by atoms with Crippen molar-refractivity contribution < 1.29 is 9.13 Å². The van der Waals surface area contributed by atoms with Gasteiger partial charge in [-0.2, -0.15) is 0 Å². The van der Waals surface area contributed by atoms with Crippen molar-refractivity contribution in [1.29, 1.82) is 0 Å². The Bertz CT molecular complexity index is 442. The van der Waals surface area contributed by atoms with E-state index in [1.54, 1.807) is 13.2 Å². The number of benzene rings is 1. The second-order valence-corrected chi connectivity index (χ2v) is 4.60. The van der Waals surface area contributed by atoms with Gasteiger partial charge in [0.1, 0.15) is 11.6 Å². The Morgan fingerprint density at radius 1 is 1.33 bits per heavy atom. The molecule has 0 aliphatic heterocycles. The topological polar surface area (TPSA) is 21.3 Å². The van der Waals surface area contributed by atoms with Crippen LogP contribution in [0.4, 0.5) is 4.39 Å². The van der Waals surface area contributed by atoms with Gasteiger partial charge in [0.2, 0.25) is 0 Å². The van der Waals surface area contributed by atoms with Gasteiger partial charge in [-0.3, -0.25) is 0 Å². The van der Waals surface area contributed by atoms with Gasteiger partial charge in [0.15, 0.2) is 0 Å². The molecular formula is C15H20FNO. The molecule has 1 atom stereocenters. The number of ether oxygens (including phenoxy) is 1. The number of hydrogen-bond acceptors (Lipinski definition) is 2. The fourth-order valence-electron chi connectivity index (χ4n) is 2.62. The van der Waals surface area contributed by atoms with Crippen molar-refractivity contribution in [3.63, 3.8) is 0 Å². The number of methoxy groups -OCH3 is 1. The fourth-order valence-corrected chi connectivity index (χ4v) is 2.62. The van der Waals surface area contributed by atoms with Crippen LogP contribution in [-0.2, 0) is 0 Å². The summed E-state index contributed by atoms with van der Waals surface area (Å²) in [5.41, 5.74) is 1.89. The third-order valence-electron chi connectivity index (χ3n) is 3.51. The van der Waals surface area contributed by atoms with Crippen molar-refractivity contribution in [2.24, 2.45) is 0 Å². The van der Waals surface area contributed by atoms with Crippen molar-refractivity contribution in [3.05, 3.63) is 41.2 Å². The smallest absolute Gasteiger partial charge is 0.132 e. The molecule has 0 fully saturated rings. The number of hydrogen-bond donors (Lipinski definition) is 1. The van der Waals surface area contributed by atoms with E-state index in [2.05, 4.69) is 11.4 Å². The highest BCUT2D eigenvalue weighted by atomic mass is 19.1. The maximum Gasteiger partial charge on any atom is 0.132 e. The van der Waals surface area contributed by atoms with E-state index >= 15 is 0 Å². The molecule has 0 aromatic heterocycles. The molecule has 1 aliphatic rings. The highest BCUT2D eigenvalue weighted by molar-refractivity contribution is 5.41. The predicted octanol–water partition coefficient (Wildman–Crippen LogP) is 3.60. The van der Waals surface area contributed by atoms with Crippen molar-refractivity contribution in [3.8, 4) is 5.75 Å². The average molecular weight is 249 g/mol. The van der Waals surface area contributed by atoms with Crippen LogP contribution in [0.25, 0.3) is 0 Å². The van der Waals surface area contributed by atoms with Gasteiger partial charge >= 0.3 is 0 Å². The highest BCUT2D eigenvalue weighted by Crippen LogP contribution is 2.35. The zero-order valence-electron chi connectivity index (χ0n) is 11.0. The SMILES string of the molecule is CNC(C1=CCCCC1)c1c(F)cccc1OC. The Labute approximate surface area is 108 Å². The van der Waals surface area contributed by atoms with Gasteiger partial charge < -0.3 is 10.1 Å². The first-order valence-electron chi connectivity index (χ1n) is 6.46. The van der Waals surface area contributed by atoms with Crippen molar-refractivity contribution in [2.75, 3.05) is 14.2 Å². The molecule has 18 heavy (non-hydrogen) atoms. The minimum atomic E-state index is -0.208. The van der Waals surface area contributed by atoms with Gasteiger partial charge in [0, 0.05) is 0 Å². The van der Waals surface area contributed by atoms with E-state index in [9.17, 15) is 4.39 Å². The summed E-state index contributed by atoms with van der Waals surface area (Å²) in [6.07, 6.45) is 6.76. The zero-order valence-corrected chi connectivity index (χ0v) is 11.0. The van der Waals surface area contributed by atoms with Gasteiger partial charge in [-0.1, -0.05) is 17.7 Å². The molecule has 0 bridgehead atoms. The number of allylic oxidation sites excluding steroid dienone is 1. The Balaban J connectivity index is 2.40. The lowest BCUT2D eigenvalue weighted by Gasteiger charge is -2.25. The van der Waals surface area contributed by atoms with E-state index < -0.39 is 0 Å². The molecule has 2 rings (SSSR count). The van der Waals surface area contributed by atoms with Gasteiger partial charge in [0.05, 0.1) is 18.7 Å². The summed E-state index contributed by atoms with van der Waals surface area (Å²) in [5.74, 6) is 0.404. The lowest BCUT2D eigenvalue weighted by atomic mass is 9.89. The molecule has 0 amide bonds. The van der Waals surface area contributed by atoms with Gasteiger partial charge in [-0.05, 0) is 44.9 Å². The van der Waals surface area contributed by atoms with Crippen LogP contribution in [0.15, 0.2) is 29.8 Å². The van der Waals surface area contributed by atoms with E-state index in [-0.39, 0.29) is 11.9 Å². The molecule has 3 heteroatoms. The monoisotopic (exact) mass is 249 g/mol.